The zero-order chi connectivity index (χ0) is 9.83. The highest BCUT2D eigenvalue weighted by Gasteiger charge is 2.16. The van der Waals surface area contributed by atoms with Crippen LogP contribution in [0.15, 0.2) is 0 Å². The van der Waals surface area contributed by atoms with Gasteiger partial charge < -0.3 is 19.6 Å². The van der Waals surface area contributed by atoms with Crippen molar-refractivity contribution in [3.05, 3.63) is 0 Å². The predicted octanol–water partition coefficient (Wildman–Crippen LogP) is -1.33. The highest BCUT2D eigenvalue weighted by molar-refractivity contribution is 7.46. The third kappa shape index (κ3) is 10.2. The molecule has 0 rings (SSSR count). The Bertz CT molecular complexity index is 189. The van der Waals surface area contributed by atoms with Crippen LogP contribution in [0.5, 0.6) is 0 Å². The van der Waals surface area contributed by atoms with E-state index in [0.29, 0.717) is 0 Å². The SMILES string of the molecule is O=P(O)(O)OCNOP(=O)(O)O. The highest BCUT2D eigenvalue weighted by Crippen LogP contribution is 2.36. The normalized spacial score (nSPS) is 13.3. The zero-order valence-corrected chi connectivity index (χ0v) is 7.31. The third-order valence-electron chi connectivity index (χ3n) is 0.475. The van der Waals surface area contributed by atoms with Gasteiger partial charge >= 0.3 is 15.6 Å². The lowest BCUT2D eigenvalue weighted by atomic mass is 11.4. The number of phosphoric ester groups is 1. The van der Waals surface area contributed by atoms with Crippen molar-refractivity contribution in [2.75, 3.05) is 6.73 Å². The molecular formula is CH7NO8P2. The number of hydrogen-bond acceptors (Lipinski definition) is 5. The van der Waals surface area contributed by atoms with Crippen LogP contribution in [0.1, 0.15) is 0 Å². The monoisotopic (exact) mass is 223 g/mol. The van der Waals surface area contributed by atoms with Gasteiger partial charge in [-0.15, -0.1) is 0 Å². The number of nitrogens with one attached hydrogen (secondary N) is 1. The molecule has 9 nitrogen and oxygen atoms in total. The molecule has 0 aliphatic heterocycles. The van der Waals surface area contributed by atoms with Crippen LogP contribution in [-0.4, -0.2) is 26.3 Å². The Kier molecular flexibility index (Phi) is 4.49. The average Bonchev–Trinajstić information content (AvgIpc) is 1.76. The molecular weight excluding hydrogens is 216 g/mol. The Hall–Kier alpha value is 0.180. The minimum atomic E-state index is -4.69. The Labute approximate surface area is 66.7 Å². The first-order chi connectivity index (χ1) is 5.21. The van der Waals surface area contributed by atoms with Gasteiger partial charge in [-0.2, -0.15) is 10.1 Å². The van der Waals surface area contributed by atoms with Crippen LogP contribution in [-0.2, 0) is 18.3 Å². The van der Waals surface area contributed by atoms with Crippen LogP contribution in [0.4, 0.5) is 0 Å². The van der Waals surface area contributed by atoms with Crippen LogP contribution in [0.3, 0.4) is 0 Å². The molecule has 0 saturated carbocycles. The van der Waals surface area contributed by atoms with E-state index >= 15 is 0 Å². The Morgan fingerprint density at radius 1 is 1.08 bits per heavy atom. The van der Waals surface area contributed by atoms with Crippen LogP contribution < -0.4 is 5.48 Å². The number of hydrogen-bond donors (Lipinski definition) is 5. The maximum absolute atomic E-state index is 9.94. The molecule has 11 heteroatoms. The van der Waals surface area contributed by atoms with Gasteiger partial charge in [0.15, 0.2) is 0 Å². The zero-order valence-electron chi connectivity index (χ0n) is 5.52. The lowest BCUT2D eigenvalue weighted by Crippen LogP contribution is -2.15. The van der Waals surface area contributed by atoms with Gasteiger partial charge in [0.25, 0.3) is 0 Å². The summed E-state index contributed by atoms with van der Waals surface area (Å²) in [5.41, 5.74) is 1.50. The molecule has 74 valence electrons. The largest absolute Gasteiger partial charge is 0.486 e. The molecule has 0 aromatic carbocycles. The van der Waals surface area contributed by atoms with Gasteiger partial charge in [-0.3, -0.25) is 4.52 Å². The summed E-state index contributed by atoms with van der Waals surface area (Å²) < 4.78 is 27.1. The van der Waals surface area contributed by atoms with Crippen molar-refractivity contribution in [1.82, 2.24) is 5.48 Å². The van der Waals surface area contributed by atoms with Gasteiger partial charge in [0.05, 0.1) is 0 Å². The summed E-state index contributed by atoms with van der Waals surface area (Å²) >= 11 is 0. The van der Waals surface area contributed by atoms with Crippen molar-refractivity contribution in [1.29, 1.82) is 0 Å². The first kappa shape index (κ1) is 12.2. The molecule has 0 aromatic rings. The van der Waals surface area contributed by atoms with E-state index in [1.165, 1.54) is 5.48 Å². The number of hydroxylamine groups is 1. The topological polar surface area (TPSA) is 146 Å². The summed E-state index contributed by atoms with van der Waals surface area (Å²) in [4.78, 5) is 32.1. The van der Waals surface area contributed by atoms with Gasteiger partial charge in [-0.1, -0.05) is 0 Å². The second kappa shape index (κ2) is 4.43. The minimum Gasteiger partial charge on any atom is -0.303 e. The van der Waals surface area contributed by atoms with E-state index in [1.807, 2.05) is 0 Å². The predicted molar refractivity (Wildman–Crippen MR) is 34.3 cm³/mol. The van der Waals surface area contributed by atoms with E-state index in [0.717, 1.165) is 0 Å². The maximum Gasteiger partial charge on any atom is 0.486 e. The molecule has 0 heterocycles. The molecule has 5 N–H and O–H groups in total. The smallest absolute Gasteiger partial charge is 0.303 e. The van der Waals surface area contributed by atoms with Crippen molar-refractivity contribution in [3.63, 3.8) is 0 Å². The fourth-order valence-electron chi connectivity index (χ4n) is 0.221. The summed E-state index contributed by atoms with van der Waals surface area (Å²) in [6.45, 7) is -0.838. The maximum atomic E-state index is 9.94. The van der Waals surface area contributed by atoms with Gasteiger partial charge in [0.2, 0.25) is 0 Å². The van der Waals surface area contributed by atoms with Crippen molar-refractivity contribution >= 4 is 15.6 Å². The van der Waals surface area contributed by atoms with Gasteiger partial charge in [-0.05, 0) is 0 Å². The third-order valence-corrected chi connectivity index (χ3v) is 1.31. The first-order valence-corrected chi connectivity index (χ1v) is 5.44. The Morgan fingerprint density at radius 2 is 1.58 bits per heavy atom. The van der Waals surface area contributed by atoms with Crippen LogP contribution in [0, 0.1) is 0 Å². The molecule has 0 fully saturated rings. The second-order valence-corrected chi connectivity index (χ2v) is 3.89. The fraction of sp³-hybridized carbons (Fsp3) is 1.00. The van der Waals surface area contributed by atoms with E-state index < -0.39 is 22.4 Å². The van der Waals surface area contributed by atoms with E-state index in [4.69, 9.17) is 19.6 Å². The van der Waals surface area contributed by atoms with Crippen molar-refractivity contribution < 1.29 is 37.9 Å². The molecule has 0 saturated heterocycles. The fourth-order valence-corrected chi connectivity index (χ4v) is 0.663. The molecule has 0 aliphatic carbocycles. The van der Waals surface area contributed by atoms with Crippen molar-refractivity contribution in [2.24, 2.45) is 0 Å². The highest BCUT2D eigenvalue weighted by atomic mass is 31.2. The molecule has 12 heavy (non-hydrogen) atoms. The van der Waals surface area contributed by atoms with E-state index in [9.17, 15) is 9.13 Å². The molecule has 0 unspecified atom stereocenters. The van der Waals surface area contributed by atoms with Gasteiger partial charge in [-0.25, -0.2) is 9.13 Å². The minimum absolute atomic E-state index is 0.838. The van der Waals surface area contributed by atoms with E-state index in [-0.39, 0.29) is 0 Å². The quantitative estimate of drug-likeness (QED) is 0.165. The molecule has 0 aromatic heterocycles. The number of phosphoric acid groups is 2. The van der Waals surface area contributed by atoms with Crippen LogP contribution >= 0.6 is 15.6 Å². The average molecular weight is 223 g/mol. The lowest BCUT2D eigenvalue weighted by Gasteiger charge is -2.07. The molecule has 0 bridgehead atoms. The molecule has 0 aliphatic rings. The van der Waals surface area contributed by atoms with Gasteiger partial charge in [0.1, 0.15) is 6.73 Å². The molecule has 0 amide bonds. The molecule has 0 atom stereocenters. The molecule has 0 radical (unpaired) electrons. The summed E-state index contributed by atoms with van der Waals surface area (Å²) in [7, 11) is -9.33. The molecule has 0 spiro atoms. The van der Waals surface area contributed by atoms with Crippen molar-refractivity contribution in [2.45, 2.75) is 0 Å². The summed E-state index contributed by atoms with van der Waals surface area (Å²) in [5, 5.41) is 0. The summed E-state index contributed by atoms with van der Waals surface area (Å²) in [6.07, 6.45) is 0. The Balaban J connectivity index is 3.48. The Morgan fingerprint density at radius 3 is 1.92 bits per heavy atom. The number of rotatable bonds is 5. The lowest BCUT2D eigenvalue weighted by molar-refractivity contribution is 0.0607. The standard InChI is InChI=1S/CH7NO8P2/c3-11(4,5)9-1-2-10-12(6,7)8/h2H,1H2,(H2,3,4,5)(H2,6,7,8). The van der Waals surface area contributed by atoms with Crippen LogP contribution in [0.25, 0.3) is 0 Å². The van der Waals surface area contributed by atoms with Gasteiger partial charge in [0, 0.05) is 0 Å². The van der Waals surface area contributed by atoms with E-state index in [2.05, 4.69) is 9.15 Å². The van der Waals surface area contributed by atoms with E-state index in [1.54, 1.807) is 0 Å². The summed E-state index contributed by atoms with van der Waals surface area (Å²) in [5.74, 6) is 0. The van der Waals surface area contributed by atoms with Crippen LogP contribution in [0.2, 0.25) is 0 Å². The second-order valence-electron chi connectivity index (χ2n) is 1.49. The first-order valence-electron chi connectivity index (χ1n) is 2.38. The van der Waals surface area contributed by atoms with Crippen molar-refractivity contribution in [3.8, 4) is 0 Å². The summed E-state index contributed by atoms with van der Waals surface area (Å²) in [6, 6.07) is 0.